The molecule has 7 heteroatoms. The molecule has 0 radical (unpaired) electrons. The van der Waals surface area contributed by atoms with Crippen molar-refractivity contribution < 1.29 is 4.79 Å². The number of halogens is 4. The molecule has 0 aromatic heterocycles. The first kappa shape index (κ1) is 27.6. The first-order valence-electron chi connectivity index (χ1n) is 12.9. The van der Waals surface area contributed by atoms with E-state index in [1.165, 1.54) is 31.3 Å². The van der Waals surface area contributed by atoms with Crippen LogP contribution < -0.4 is 0 Å². The fourth-order valence-electron chi connectivity index (χ4n) is 5.96. The van der Waals surface area contributed by atoms with Gasteiger partial charge in [0.05, 0.1) is 5.25 Å². The fraction of sp³-hybridized carbons (Fsp3) is 0.433. The standard InChI is InChI=1S/C30H31Cl4NOS/c1-17-3-8-22(9-4-17)37-30-28(36)14-24-19(11-18-5-6-20(31)12-26(18)33)15-35(2)16-25(24)29(30)23-10-7-21(32)13-27(23)34/h5-7,10-13,17,22,29-30H,3-4,8-9,14-16H2,1-2H3/t17?,22?,29-,30?/m0/s1. The smallest absolute Gasteiger partial charge is 0.151 e. The van der Waals surface area contributed by atoms with Gasteiger partial charge in [-0.05, 0) is 96.8 Å². The molecule has 1 fully saturated rings. The number of thioether (sulfide) groups is 1. The average molecular weight is 595 g/mol. The Labute approximate surface area is 244 Å². The SMILES string of the molecule is CC1CCC(SC2C(=O)CC3=C(CN(C)CC3=Cc3ccc(Cl)cc3Cl)[C@@H]2c2ccc(Cl)cc2Cl)CC1. The van der Waals surface area contributed by atoms with Crippen molar-refractivity contribution >= 4 is 70.0 Å². The van der Waals surface area contributed by atoms with Crippen molar-refractivity contribution in [1.82, 2.24) is 4.90 Å². The molecule has 2 aromatic carbocycles. The predicted molar refractivity (Wildman–Crippen MR) is 161 cm³/mol. The Morgan fingerprint density at radius 1 is 0.919 bits per heavy atom. The molecule has 0 bridgehead atoms. The molecule has 37 heavy (non-hydrogen) atoms. The van der Waals surface area contributed by atoms with Crippen molar-refractivity contribution in [3.8, 4) is 0 Å². The van der Waals surface area contributed by atoms with Gasteiger partial charge in [-0.25, -0.2) is 0 Å². The molecule has 0 amide bonds. The fourth-order valence-corrected chi connectivity index (χ4v) is 8.61. The van der Waals surface area contributed by atoms with E-state index < -0.39 is 0 Å². The summed E-state index contributed by atoms with van der Waals surface area (Å²) < 4.78 is 0. The van der Waals surface area contributed by atoms with E-state index in [9.17, 15) is 4.79 Å². The van der Waals surface area contributed by atoms with Crippen molar-refractivity contribution in [3.05, 3.63) is 84.3 Å². The number of rotatable bonds is 4. The van der Waals surface area contributed by atoms with Gasteiger partial charge >= 0.3 is 0 Å². The van der Waals surface area contributed by atoms with Crippen LogP contribution in [0.5, 0.6) is 0 Å². The third-order valence-corrected chi connectivity index (χ3v) is 10.7. The topological polar surface area (TPSA) is 20.3 Å². The Bertz CT molecular complexity index is 1260. The first-order chi connectivity index (χ1) is 17.7. The number of hydrogen-bond donors (Lipinski definition) is 0. The van der Waals surface area contributed by atoms with Crippen molar-refractivity contribution in [2.75, 3.05) is 20.1 Å². The van der Waals surface area contributed by atoms with Crippen LogP contribution in [-0.2, 0) is 4.79 Å². The summed E-state index contributed by atoms with van der Waals surface area (Å²) >= 11 is 27.7. The molecular formula is C30H31Cl4NOS. The lowest BCUT2D eigenvalue weighted by atomic mass is 9.73. The zero-order chi connectivity index (χ0) is 26.3. The molecule has 1 heterocycles. The minimum absolute atomic E-state index is 0.0859. The van der Waals surface area contributed by atoms with Crippen molar-refractivity contribution in [2.45, 2.75) is 55.4 Å². The van der Waals surface area contributed by atoms with E-state index in [1.54, 1.807) is 12.1 Å². The van der Waals surface area contributed by atoms with Gasteiger partial charge in [-0.2, -0.15) is 0 Å². The highest BCUT2D eigenvalue weighted by Crippen LogP contribution is 2.50. The van der Waals surface area contributed by atoms with E-state index in [2.05, 4.69) is 24.9 Å². The molecule has 1 unspecified atom stereocenters. The van der Waals surface area contributed by atoms with Gasteiger partial charge in [-0.1, -0.05) is 65.5 Å². The Kier molecular flexibility index (Phi) is 8.70. The minimum Gasteiger partial charge on any atom is -0.298 e. The zero-order valence-electron chi connectivity index (χ0n) is 21.1. The number of carbonyl (C=O) groups is 1. The highest BCUT2D eigenvalue weighted by molar-refractivity contribution is 8.01. The number of benzene rings is 2. The molecule has 196 valence electrons. The number of likely N-dealkylation sites (N-methyl/N-ethyl adjacent to an activating group) is 1. The van der Waals surface area contributed by atoms with E-state index in [4.69, 9.17) is 46.4 Å². The zero-order valence-corrected chi connectivity index (χ0v) is 24.9. The second kappa shape index (κ2) is 11.7. The van der Waals surface area contributed by atoms with Gasteiger partial charge < -0.3 is 0 Å². The van der Waals surface area contributed by atoms with Gasteiger partial charge in [0.15, 0.2) is 5.78 Å². The molecule has 5 rings (SSSR count). The van der Waals surface area contributed by atoms with E-state index in [0.29, 0.717) is 31.8 Å². The summed E-state index contributed by atoms with van der Waals surface area (Å²) in [5.74, 6) is 0.974. The maximum absolute atomic E-state index is 13.9. The Hall–Kier alpha value is -0.940. The molecule has 0 spiro atoms. The van der Waals surface area contributed by atoms with Crippen LogP contribution in [0.1, 0.15) is 56.1 Å². The monoisotopic (exact) mass is 593 g/mol. The second-order valence-corrected chi connectivity index (χ2v) is 13.9. The van der Waals surface area contributed by atoms with Crippen LogP contribution in [-0.4, -0.2) is 41.3 Å². The highest BCUT2D eigenvalue weighted by Gasteiger charge is 2.43. The molecule has 2 aromatic rings. The van der Waals surface area contributed by atoms with Gasteiger partial charge in [0, 0.05) is 50.8 Å². The van der Waals surface area contributed by atoms with Gasteiger partial charge in [-0.15, -0.1) is 11.8 Å². The van der Waals surface area contributed by atoms with Crippen LogP contribution in [0.2, 0.25) is 20.1 Å². The van der Waals surface area contributed by atoms with Crippen LogP contribution in [0.3, 0.4) is 0 Å². The summed E-state index contributed by atoms with van der Waals surface area (Å²) in [5, 5.41) is 2.80. The lowest BCUT2D eigenvalue weighted by Gasteiger charge is -2.42. The summed E-state index contributed by atoms with van der Waals surface area (Å²) in [4.78, 5) is 16.2. The van der Waals surface area contributed by atoms with Crippen LogP contribution in [0.25, 0.3) is 6.08 Å². The summed E-state index contributed by atoms with van der Waals surface area (Å²) in [6.07, 6.45) is 7.37. The summed E-state index contributed by atoms with van der Waals surface area (Å²) in [5.41, 5.74) is 5.46. The number of carbonyl (C=O) groups excluding carboxylic acids is 1. The normalized spacial score (nSPS) is 28.1. The van der Waals surface area contributed by atoms with Gasteiger partial charge in [0.2, 0.25) is 0 Å². The molecule has 3 aliphatic rings. The van der Waals surface area contributed by atoms with Crippen molar-refractivity contribution in [2.24, 2.45) is 5.92 Å². The molecule has 1 saturated carbocycles. The molecule has 0 saturated heterocycles. The molecule has 2 atom stereocenters. The summed E-state index contributed by atoms with van der Waals surface area (Å²) in [6, 6.07) is 11.3. The number of nitrogens with zero attached hydrogens (tertiary/aromatic N) is 1. The van der Waals surface area contributed by atoms with Crippen LogP contribution in [0.15, 0.2) is 53.1 Å². The van der Waals surface area contributed by atoms with E-state index in [0.717, 1.165) is 41.3 Å². The predicted octanol–water partition coefficient (Wildman–Crippen LogP) is 9.36. The maximum Gasteiger partial charge on any atom is 0.151 e. The highest BCUT2D eigenvalue weighted by atomic mass is 35.5. The average Bonchev–Trinajstić information content (AvgIpc) is 2.84. The Morgan fingerprint density at radius 3 is 2.27 bits per heavy atom. The van der Waals surface area contributed by atoms with Crippen LogP contribution in [0, 0.1) is 5.92 Å². The van der Waals surface area contributed by atoms with Crippen molar-refractivity contribution in [3.63, 3.8) is 0 Å². The van der Waals surface area contributed by atoms with Crippen molar-refractivity contribution in [1.29, 1.82) is 0 Å². The largest absolute Gasteiger partial charge is 0.298 e. The molecular weight excluding hydrogens is 564 g/mol. The van der Waals surface area contributed by atoms with E-state index in [1.807, 2.05) is 36.0 Å². The molecule has 1 aliphatic heterocycles. The molecule has 0 N–H and O–H groups in total. The molecule has 2 aliphatic carbocycles. The minimum atomic E-state index is -0.150. The summed E-state index contributed by atoms with van der Waals surface area (Å²) in [6.45, 7) is 3.89. The van der Waals surface area contributed by atoms with E-state index >= 15 is 0 Å². The lowest BCUT2D eigenvalue weighted by Crippen LogP contribution is -2.41. The maximum atomic E-state index is 13.9. The van der Waals surface area contributed by atoms with Gasteiger partial charge in [0.25, 0.3) is 0 Å². The first-order valence-corrected chi connectivity index (χ1v) is 15.3. The number of hydrogen-bond acceptors (Lipinski definition) is 3. The Balaban J connectivity index is 1.60. The quantitative estimate of drug-likeness (QED) is 0.351. The van der Waals surface area contributed by atoms with Gasteiger partial charge in [-0.3, -0.25) is 9.69 Å². The van der Waals surface area contributed by atoms with Gasteiger partial charge in [0.1, 0.15) is 0 Å². The van der Waals surface area contributed by atoms with Crippen LogP contribution >= 0.6 is 58.2 Å². The second-order valence-electron chi connectivity index (χ2n) is 10.7. The molecule has 2 nitrogen and oxygen atoms in total. The number of Topliss-reactive ketones (excluding diaryl/α,β-unsaturated/α-hetero) is 1. The summed E-state index contributed by atoms with van der Waals surface area (Å²) in [7, 11) is 2.13. The number of ketones is 1. The third-order valence-electron chi connectivity index (χ3n) is 7.89. The van der Waals surface area contributed by atoms with Crippen LogP contribution in [0.4, 0.5) is 0 Å². The third kappa shape index (κ3) is 6.13. The van der Waals surface area contributed by atoms with E-state index in [-0.39, 0.29) is 17.0 Å². The lowest BCUT2D eigenvalue weighted by molar-refractivity contribution is -0.118. The Morgan fingerprint density at radius 2 is 1.59 bits per heavy atom.